The van der Waals surface area contributed by atoms with Gasteiger partial charge in [-0.15, -0.1) is 0 Å². The van der Waals surface area contributed by atoms with Gasteiger partial charge in [0.25, 0.3) is 0 Å². The third-order valence-corrected chi connectivity index (χ3v) is 5.79. The zero-order valence-electron chi connectivity index (χ0n) is 11.8. The van der Waals surface area contributed by atoms with E-state index in [1.165, 1.54) is 0 Å². The maximum Gasteiger partial charge on any atom is 0.315 e. The van der Waals surface area contributed by atoms with Gasteiger partial charge in [0.05, 0.1) is 11.5 Å². The Morgan fingerprint density at radius 1 is 1.20 bits per heavy atom. The molecule has 0 bridgehead atoms. The lowest BCUT2D eigenvalue weighted by atomic mass is 10.0. The number of sulfone groups is 1. The molecule has 7 heteroatoms. The lowest BCUT2D eigenvalue weighted by molar-refractivity contribution is 0.0801. The van der Waals surface area contributed by atoms with Gasteiger partial charge in [-0.3, -0.25) is 0 Å². The minimum absolute atomic E-state index is 0.129. The van der Waals surface area contributed by atoms with E-state index < -0.39 is 9.84 Å². The van der Waals surface area contributed by atoms with Gasteiger partial charge in [0.2, 0.25) is 0 Å². The lowest BCUT2D eigenvalue weighted by Gasteiger charge is -2.23. The van der Waals surface area contributed by atoms with Crippen LogP contribution in [0.4, 0.5) is 4.79 Å². The highest BCUT2D eigenvalue weighted by atomic mass is 32.2. The van der Waals surface area contributed by atoms with E-state index in [4.69, 9.17) is 4.74 Å². The molecule has 0 aromatic heterocycles. The molecule has 0 saturated carbocycles. The second-order valence-electron chi connectivity index (χ2n) is 5.70. The molecule has 2 heterocycles. The minimum Gasteiger partial charge on any atom is -0.381 e. The van der Waals surface area contributed by atoms with Crippen molar-refractivity contribution in [3.8, 4) is 0 Å². The molecular weight excluding hydrogens is 280 g/mol. The molecule has 0 aromatic carbocycles. The molecule has 0 radical (unpaired) electrons. The Morgan fingerprint density at radius 3 is 2.60 bits per heavy atom. The molecule has 20 heavy (non-hydrogen) atoms. The quantitative estimate of drug-likeness (QED) is 0.732. The van der Waals surface area contributed by atoms with Crippen molar-refractivity contribution < 1.29 is 17.9 Å². The predicted octanol–water partition coefficient (Wildman–Crippen LogP) is 0.679. The molecule has 0 aromatic rings. The number of nitrogens with one attached hydrogen (secondary N) is 2. The third kappa shape index (κ3) is 5.28. The van der Waals surface area contributed by atoms with Crippen molar-refractivity contribution in [2.75, 3.05) is 31.3 Å². The summed E-state index contributed by atoms with van der Waals surface area (Å²) in [6.45, 7) is 2.02. The maximum absolute atomic E-state index is 11.7. The van der Waals surface area contributed by atoms with Crippen LogP contribution in [0.3, 0.4) is 0 Å². The Hall–Kier alpha value is -0.820. The summed E-state index contributed by atoms with van der Waals surface area (Å²) in [5, 5.41) is 5.77. The number of amides is 2. The van der Waals surface area contributed by atoms with Crippen molar-refractivity contribution in [1.29, 1.82) is 0 Å². The summed E-state index contributed by atoms with van der Waals surface area (Å²) in [6, 6.07) is 0.0830. The van der Waals surface area contributed by atoms with Gasteiger partial charge < -0.3 is 15.4 Å². The highest BCUT2D eigenvalue weighted by molar-refractivity contribution is 7.91. The van der Waals surface area contributed by atoms with E-state index >= 15 is 0 Å². The molecule has 2 fully saturated rings. The third-order valence-electron chi connectivity index (χ3n) is 3.96. The van der Waals surface area contributed by atoms with Gasteiger partial charge in [0, 0.05) is 25.8 Å². The van der Waals surface area contributed by atoms with Crippen LogP contribution < -0.4 is 10.6 Å². The summed E-state index contributed by atoms with van der Waals surface area (Å²) in [4.78, 5) is 11.7. The maximum atomic E-state index is 11.7. The van der Waals surface area contributed by atoms with Crippen molar-refractivity contribution in [3.63, 3.8) is 0 Å². The zero-order valence-corrected chi connectivity index (χ0v) is 12.6. The highest BCUT2D eigenvalue weighted by Crippen LogP contribution is 2.22. The topological polar surface area (TPSA) is 84.5 Å². The normalized spacial score (nSPS) is 26.3. The van der Waals surface area contributed by atoms with Crippen molar-refractivity contribution >= 4 is 15.9 Å². The number of carbonyl (C=O) groups is 1. The molecule has 2 saturated heterocycles. The van der Waals surface area contributed by atoms with E-state index in [2.05, 4.69) is 10.6 Å². The van der Waals surface area contributed by atoms with Crippen LogP contribution >= 0.6 is 0 Å². The van der Waals surface area contributed by atoms with Crippen LogP contribution in [0.1, 0.15) is 32.1 Å². The Kier molecular flexibility index (Phi) is 5.65. The smallest absolute Gasteiger partial charge is 0.315 e. The fourth-order valence-corrected chi connectivity index (χ4v) is 4.68. The predicted molar refractivity (Wildman–Crippen MR) is 76.4 cm³/mol. The summed E-state index contributed by atoms with van der Waals surface area (Å²) in [6.07, 6.45) is 4.22. The SMILES string of the molecule is O=C(NCCCC1CCS(=O)(=O)C1)NC1CCOCC1. The van der Waals surface area contributed by atoms with E-state index in [1.54, 1.807) is 0 Å². The number of hydrogen-bond donors (Lipinski definition) is 2. The molecular formula is C13H24N2O4S. The number of ether oxygens (including phenoxy) is 1. The molecule has 0 spiro atoms. The summed E-state index contributed by atoms with van der Waals surface area (Å²) in [5.41, 5.74) is 0. The number of urea groups is 1. The van der Waals surface area contributed by atoms with Gasteiger partial charge in [0.15, 0.2) is 9.84 Å². The first kappa shape index (κ1) is 15.6. The molecule has 1 atom stereocenters. The van der Waals surface area contributed by atoms with Gasteiger partial charge in [-0.05, 0) is 38.0 Å². The summed E-state index contributed by atoms with van der Waals surface area (Å²) >= 11 is 0. The number of hydrogen-bond acceptors (Lipinski definition) is 4. The van der Waals surface area contributed by atoms with Crippen LogP contribution in [0.5, 0.6) is 0 Å². The van der Waals surface area contributed by atoms with Crippen molar-refractivity contribution in [3.05, 3.63) is 0 Å². The number of carbonyl (C=O) groups excluding carboxylic acids is 1. The van der Waals surface area contributed by atoms with Gasteiger partial charge in [-0.1, -0.05) is 0 Å². The van der Waals surface area contributed by atoms with Gasteiger partial charge >= 0.3 is 6.03 Å². The molecule has 2 amide bonds. The lowest BCUT2D eigenvalue weighted by Crippen LogP contribution is -2.44. The van der Waals surface area contributed by atoms with Gasteiger partial charge in [-0.25, -0.2) is 13.2 Å². The molecule has 2 aliphatic heterocycles. The first-order valence-electron chi connectivity index (χ1n) is 7.38. The fourth-order valence-electron chi connectivity index (χ4n) is 2.77. The minimum atomic E-state index is -2.78. The monoisotopic (exact) mass is 304 g/mol. The van der Waals surface area contributed by atoms with Gasteiger partial charge in [0.1, 0.15) is 0 Å². The average Bonchev–Trinajstić information content (AvgIpc) is 2.75. The molecule has 0 aliphatic carbocycles. The molecule has 6 nitrogen and oxygen atoms in total. The van der Waals surface area contributed by atoms with E-state index in [0.29, 0.717) is 31.3 Å². The first-order valence-corrected chi connectivity index (χ1v) is 9.20. The molecule has 2 rings (SSSR count). The second kappa shape index (κ2) is 7.26. The molecule has 1 unspecified atom stereocenters. The van der Waals surface area contributed by atoms with Crippen LogP contribution in [0.15, 0.2) is 0 Å². The Morgan fingerprint density at radius 2 is 1.95 bits per heavy atom. The average molecular weight is 304 g/mol. The van der Waals surface area contributed by atoms with Crippen LogP contribution in [-0.2, 0) is 14.6 Å². The molecule has 2 N–H and O–H groups in total. The van der Waals surface area contributed by atoms with Crippen molar-refractivity contribution in [2.24, 2.45) is 5.92 Å². The summed E-state index contributed by atoms with van der Waals surface area (Å²) in [7, 11) is -2.78. The molecule has 116 valence electrons. The summed E-state index contributed by atoms with van der Waals surface area (Å²) in [5.74, 6) is 0.928. The van der Waals surface area contributed by atoms with Crippen molar-refractivity contribution in [2.45, 2.75) is 38.1 Å². The van der Waals surface area contributed by atoms with Crippen LogP contribution in [0.2, 0.25) is 0 Å². The largest absolute Gasteiger partial charge is 0.381 e. The van der Waals surface area contributed by atoms with Crippen LogP contribution in [0, 0.1) is 5.92 Å². The zero-order chi connectivity index (χ0) is 14.4. The van der Waals surface area contributed by atoms with E-state index in [1.807, 2.05) is 0 Å². The highest BCUT2D eigenvalue weighted by Gasteiger charge is 2.27. The van der Waals surface area contributed by atoms with Crippen molar-refractivity contribution in [1.82, 2.24) is 10.6 Å². The Bertz CT molecular complexity index is 418. The first-order chi connectivity index (χ1) is 9.55. The fraction of sp³-hybridized carbons (Fsp3) is 0.923. The molecule has 2 aliphatic rings. The Balaban J connectivity index is 1.53. The van der Waals surface area contributed by atoms with E-state index in [9.17, 15) is 13.2 Å². The van der Waals surface area contributed by atoms with Crippen LogP contribution in [0.25, 0.3) is 0 Å². The Labute approximate surface area is 120 Å². The van der Waals surface area contributed by atoms with E-state index in [-0.39, 0.29) is 18.0 Å². The standard InChI is InChI=1S/C13H24N2O4S/c16-13(15-12-3-7-19-8-4-12)14-6-1-2-11-5-9-20(17,18)10-11/h11-12H,1-10H2,(H2,14,15,16). The summed E-state index contributed by atoms with van der Waals surface area (Å²) < 4.78 is 27.9. The number of rotatable bonds is 5. The van der Waals surface area contributed by atoms with Crippen LogP contribution in [-0.4, -0.2) is 51.8 Å². The van der Waals surface area contributed by atoms with E-state index in [0.717, 1.165) is 32.1 Å². The van der Waals surface area contributed by atoms with Gasteiger partial charge in [-0.2, -0.15) is 0 Å². The second-order valence-corrected chi connectivity index (χ2v) is 7.93.